The molecule has 39 heavy (non-hydrogen) atoms. The molecule has 1 aliphatic carbocycles. The molecule has 1 saturated carbocycles. The van der Waals surface area contributed by atoms with Gasteiger partial charge < -0.3 is 30.2 Å². The van der Waals surface area contributed by atoms with Crippen LogP contribution in [0.2, 0.25) is 0 Å². The van der Waals surface area contributed by atoms with Gasteiger partial charge in [0.2, 0.25) is 11.9 Å². The van der Waals surface area contributed by atoms with Gasteiger partial charge in [0.1, 0.15) is 5.52 Å². The number of aromatic nitrogens is 3. The maximum absolute atomic E-state index is 15.3. The molecule has 1 unspecified atom stereocenters. The minimum atomic E-state index is -0.892. The van der Waals surface area contributed by atoms with E-state index < -0.39 is 11.6 Å². The van der Waals surface area contributed by atoms with Crippen LogP contribution in [0.3, 0.4) is 0 Å². The Morgan fingerprint density at radius 2 is 1.82 bits per heavy atom. The van der Waals surface area contributed by atoms with Gasteiger partial charge in [-0.25, -0.2) is 23.7 Å². The second-order valence-corrected chi connectivity index (χ2v) is 9.65. The summed E-state index contributed by atoms with van der Waals surface area (Å²) in [5.74, 6) is -1.28. The second kappa shape index (κ2) is 11.0. The fourth-order valence-electron chi connectivity index (χ4n) is 4.62. The molecule has 1 saturated heterocycles. The number of amides is 1. The first-order valence-electron chi connectivity index (χ1n) is 12.6. The molecule has 3 N–H and O–H groups in total. The topological polar surface area (TPSA) is 120 Å². The summed E-state index contributed by atoms with van der Waals surface area (Å²) < 4.78 is 46.4. The van der Waals surface area contributed by atoms with Crippen molar-refractivity contribution in [2.24, 2.45) is 5.92 Å². The molecule has 2 aromatic heterocycles. The number of nitrogens with zero attached hydrogens (tertiary/aromatic N) is 3. The highest BCUT2D eigenvalue weighted by Crippen LogP contribution is 2.39. The summed E-state index contributed by atoms with van der Waals surface area (Å²) in [7, 11) is 2.59. The number of halogens is 2. The number of fused-ring (bicyclic) bond motifs is 1. The zero-order chi connectivity index (χ0) is 27.7. The molecular weight excluding hydrogens is 510 g/mol. The summed E-state index contributed by atoms with van der Waals surface area (Å²) in [6.45, 7) is 6.20. The normalized spacial score (nSPS) is 19.4. The van der Waals surface area contributed by atoms with Crippen LogP contribution in [0.25, 0.3) is 22.2 Å². The first-order valence-corrected chi connectivity index (χ1v) is 12.6. The van der Waals surface area contributed by atoms with Crippen LogP contribution in [0.1, 0.15) is 19.8 Å². The van der Waals surface area contributed by atoms with Crippen LogP contribution in [0.15, 0.2) is 31.0 Å². The van der Waals surface area contributed by atoms with E-state index in [1.165, 1.54) is 26.4 Å². The molecule has 0 bridgehead atoms. The Balaban J connectivity index is 1.56. The third kappa shape index (κ3) is 5.42. The van der Waals surface area contributed by atoms with Crippen LogP contribution in [-0.2, 0) is 9.53 Å². The van der Waals surface area contributed by atoms with Gasteiger partial charge in [-0.3, -0.25) is 4.79 Å². The lowest BCUT2D eigenvalue weighted by Gasteiger charge is -2.20. The molecule has 10 nitrogen and oxygen atoms in total. The monoisotopic (exact) mass is 540 g/mol. The molecule has 1 aromatic carbocycles. The van der Waals surface area contributed by atoms with E-state index in [2.05, 4.69) is 37.5 Å². The number of rotatable bonds is 10. The quantitative estimate of drug-likeness (QED) is 0.331. The number of ether oxygens (including phenoxy) is 3. The standard InChI is InChI=1S/C27H30F2N6O4/c1-5-21(36)32-17-11-39-12-18(17)34-27-30-10-15-8-16(22-23(28)19(37-3)9-20(38-4)24(22)29)33-26(25(15)35-27)31-13(2)14-6-7-14/h5,8-10,13-14,17-18H,1,6-7,11-12H2,2-4H3,(H,31,33)(H,32,36)(H,30,34,35)/t13-,17-,18?/m0/s1. The van der Waals surface area contributed by atoms with Gasteiger partial charge in [0.25, 0.3) is 0 Å². The highest BCUT2D eigenvalue weighted by atomic mass is 19.1. The van der Waals surface area contributed by atoms with Crippen molar-refractivity contribution in [3.63, 3.8) is 0 Å². The molecule has 1 amide bonds. The fourth-order valence-corrected chi connectivity index (χ4v) is 4.62. The summed E-state index contributed by atoms with van der Waals surface area (Å²) in [5, 5.41) is 9.96. The van der Waals surface area contributed by atoms with Crippen molar-refractivity contribution in [1.82, 2.24) is 20.3 Å². The van der Waals surface area contributed by atoms with Crippen LogP contribution < -0.4 is 25.4 Å². The number of hydrogen-bond donors (Lipinski definition) is 3. The highest BCUT2D eigenvalue weighted by molar-refractivity contribution is 5.92. The number of pyridine rings is 1. The lowest BCUT2D eigenvalue weighted by Crippen LogP contribution is -2.45. The number of carbonyl (C=O) groups is 1. The number of methoxy groups -OCH3 is 2. The summed E-state index contributed by atoms with van der Waals surface area (Å²) in [4.78, 5) is 25.5. The maximum atomic E-state index is 15.3. The average molecular weight is 541 g/mol. The predicted molar refractivity (Wildman–Crippen MR) is 142 cm³/mol. The van der Waals surface area contributed by atoms with Crippen molar-refractivity contribution >= 4 is 28.6 Å². The Labute approximate surface area is 224 Å². The van der Waals surface area contributed by atoms with E-state index in [-0.39, 0.29) is 46.8 Å². The molecule has 3 heterocycles. The summed E-state index contributed by atoms with van der Waals surface area (Å²) in [6.07, 6.45) is 4.93. The van der Waals surface area contributed by atoms with Gasteiger partial charge in [-0.1, -0.05) is 6.58 Å². The lowest BCUT2D eigenvalue weighted by molar-refractivity contribution is -0.117. The maximum Gasteiger partial charge on any atom is 0.243 e. The molecule has 3 aromatic rings. The van der Waals surface area contributed by atoms with Gasteiger partial charge >= 0.3 is 0 Å². The summed E-state index contributed by atoms with van der Waals surface area (Å²) >= 11 is 0. The van der Waals surface area contributed by atoms with Crippen LogP contribution >= 0.6 is 0 Å². The molecular formula is C27H30F2N6O4. The van der Waals surface area contributed by atoms with Gasteiger partial charge in [-0.05, 0) is 37.8 Å². The zero-order valence-corrected chi connectivity index (χ0v) is 21.9. The van der Waals surface area contributed by atoms with E-state index in [1.807, 2.05) is 6.92 Å². The molecule has 2 fully saturated rings. The van der Waals surface area contributed by atoms with Crippen molar-refractivity contribution < 1.29 is 27.8 Å². The van der Waals surface area contributed by atoms with E-state index >= 15 is 8.78 Å². The van der Waals surface area contributed by atoms with E-state index in [0.29, 0.717) is 41.8 Å². The fraction of sp³-hybridized carbons (Fsp3) is 0.407. The van der Waals surface area contributed by atoms with Gasteiger partial charge in [-0.2, -0.15) is 0 Å². The van der Waals surface area contributed by atoms with Crippen LogP contribution in [-0.4, -0.2) is 66.4 Å². The van der Waals surface area contributed by atoms with Crippen molar-refractivity contribution in [2.75, 3.05) is 38.1 Å². The summed E-state index contributed by atoms with van der Waals surface area (Å²) in [5.41, 5.74) is 0.146. The number of nitrogens with one attached hydrogen (secondary N) is 3. The molecule has 0 spiro atoms. The number of benzene rings is 1. The molecule has 3 atom stereocenters. The number of hydrogen-bond acceptors (Lipinski definition) is 9. The predicted octanol–water partition coefficient (Wildman–Crippen LogP) is 3.68. The highest BCUT2D eigenvalue weighted by Gasteiger charge is 2.31. The molecule has 1 aliphatic heterocycles. The molecule has 0 radical (unpaired) electrons. The van der Waals surface area contributed by atoms with Crippen molar-refractivity contribution in [3.8, 4) is 22.8 Å². The van der Waals surface area contributed by atoms with Crippen molar-refractivity contribution in [3.05, 3.63) is 42.6 Å². The molecule has 2 aliphatic rings. The van der Waals surface area contributed by atoms with Crippen LogP contribution in [0, 0.1) is 17.6 Å². The number of carbonyl (C=O) groups excluding carboxylic acids is 1. The molecule has 5 rings (SSSR count). The Kier molecular flexibility index (Phi) is 7.47. The Morgan fingerprint density at radius 1 is 1.13 bits per heavy atom. The first-order chi connectivity index (χ1) is 18.8. The Morgan fingerprint density at radius 3 is 2.46 bits per heavy atom. The zero-order valence-electron chi connectivity index (χ0n) is 21.9. The van der Waals surface area contributed by atoms with E-state index in [1.54, 1.807) is 6.20 Å². The van der Waals surface area contributed by atoms with E-state index in [0.717, 1.165) is 18.9 Å². The Hall–Kier alpha value is -4.06. The third-order valence-electron chi connectivity index (χ3n) is 7.00. The van der Waals surface area contributed by atoms with Gasteiger partial charge in [0, 0.05) is 23.7 Å². The average Bonchev–Trinajstić information content (AvgIpc) is 3.70. The summed E-state index contributed by atoms with van der Waals surface area (Å²) in [6, 6.07) is 2.18. The van der Waals surface area contributed by atoms with Gasteiger partial charge in [0.15, 0.2) is 29.0 Å². The first kappa shape index (κ1) is 26.5. The lowest BCUT2D eigenvalue weighted by atomic mass is 10.1. The van der Waals surface area contributed by atoms with E-state index in [9.17, 15) is 4.79 Å². The molecule has 206 valence electrons. The SMILES string of the molecule is C=CC(=O)N[C@H]1COCC1Nc1ncc2cc(-c3c(F)c(OC)cc(OC)c3F)nc(N[C@@H](C)C3CC3)c2n1. The van der Waals surface area contributed by atoms with E-state index in [4.69, 9.17) is 14.2 Å². The number of anilines is 2. The second-order valence-electron chi connectivity index (χ2n) is 9.65. The van der Waals surface area contributed by atoms with Gasteiger partial charge in [-0.15, -0.1) is 0 Å². The minimum Gasteiger partial charge on any atom is -0.494 e. The largest absolute Gasteiger partial charge is 0.494 e. The van der Waals surface area contributed by atoms with Crippen LogP contribution in [0.5, 0.6) is 11.5 Å². The minimum absolute atomic E-state index is 0.0425. The van der Waals surface area contributed by atoms with Gasteiger partial charge in [0.05, 0.1) is 50.8 Å². The van der Waals surface area contributed by atoms with Crippen molar-refractivity contribution in [2.45, 2.75) is 37.9 Å². The van der Waals surface area contributed by atoms with Crippen molar-refractivity contribution in [1.29, 1.82) is 0 Å². The smallest absolute Gasteiger partial charge is 0.243 e. The van der Waals surface area contributed by atoms with Crippen LogP contribution in [0.4, 0.5) is 20.5 Å². The Bertz CT molecular complexity index is 1390. The molecule has 12 heteroatoms. The third-order valence-corrected chi connectivity index (χ3v) is 7.00.